The number of ether oxygens (including phenoxy) is 3. The monoisotopic (exact) mass is 1070 g/mol. The number of carbonyl (C=O) groups is 2. The first-order valence-corrected chi connectivity index (χ1v) is 23.8. The number of nitrogens with zero attached hydrogens (tertiary/aromatic N) is 6. The van der Waals surface area contributed by atoms with Crippen molar-refractivity contribution in [1.82, 2.24) is 19.3 Å². The molecule has 2 atom stereocenters. The molecule has 2 fully saturated rings. The van der Waals surface area contributed by atoms with Gasteiger partial charge in [-0.1, -0.05) is 23.7 Å². The molecule has 0 saturated carbocycles. The van der Waals surface area contributed by atoms with E-state index in [1.807, 2.05) is 18.9 Å². The Morgan fingerprint density at radius 1 is 0.692 bits per heavy atom. The van der Waals surface area contributed by atoms with Gasteiger partial charge < -0.3 is 41.4 Å². The summed E-state index contributed by atoms with van der Waals surface area (Å²) in [5.74, 6) is 10.1. The smallest absolute Gasteiger partial charge is 0.870 e. The topological polar surface area (TPSA) is 261 Å². The van der Waals surface area contributed by atoms with Gasteiger partial charge in [0, 0.05) is 66.3 Å². The Morgan fingerprint density at radius 3 is 1.47 bits per heavy atom. The standard InChI is InChI=1S/C28H26F2N4O4.C26H22F2N4O4.CH4O.Li.H2O/c1-4-37-26(36)20-15-33-22(13-23(20)35)19-12-24(38-27(29)30)17(7-5-16-6-8-25(31)32-14-16)11-18(19)21-9-10-28(2,3)34(21)33;1-26(2)8-7-19-16-9-15(5-3-14-4-6-23(29)30-12-14)22(36-25(27)28)10-17(16)20-11-21(33)18(24(34)35)13-31(20)32(19)26;1-2;;/h6,8,11-15,21,27H,4,9-10H2,1-3H3,(H2,31,32);4,6,9-13,19,25H,7-8H2,1-2H3,(H2,29,30)(H,34,35);2H,1H3;;1H2/q;;;+1;/p-1/t21-;19-;;;/m11.../s1. The summed E-state index contributed by atoms with van der Waals surface area (Å²) >= 11 is 0. The number of aromatic nitrogens is 4. The molecule has 7 N–H and O–H groups in total. The molecule has 2 aromatic carbocycles. The molecule has 402 valence electrons. The summed E-state index contributed by atoms with van der Waals surface area (Å²) in [6, 6.07) is 15.2. The number of hydrogen-bond acceptors (Lipinski definition) is 15. The molecular weight excluding hydrogens is 1020 g/mol. The van der Waals surface area contributed by atoms with Crippen molar-refractivity contribution in [2.75, 3.05) is 35.2 Å². The summed E-state index contributed by atoms with van der Waals surface area (Å²) in [6.45, 7) is 3.84. The van der Waals surface area contributed by atoms with E-state index in [1.165, 1.54) is 49.1 Å². The first-order chi connectivity index (χ1) is 36.1. The Labute approximate surface area is 457 Å². The summed E-state index contributed by atoms with van der Waals surface area (Å²) < 4.78 is 71.7. The third-order valence-corrected chi connectivity index (χ3v) is 13.4. The number of alkyl halides is 4. The van der Waals surface area contributed by atoms with E-state index in [2.05, 4.69) is 52.5 Å². The number of hydrogen-bond donors (Lipinski definition) is 4. The maximum absolute atomic E-state index is 13.4. The van der Waals surface area contributed by atoms with Gasteiger partial charge in [0.15, 0.2) is 10.9 Å². The summed E-state index contributed by atoms with van der Waals surface area (Å²) in [5.41, 5.74) is 14.1. The first-order valence-electron chi connectivity index (χ1n) is 23.8. The second-order valence-corrected chi connectivity index (χ2v) is 19.1. The van der Waals surface area contributed by atoms with Crippen molar-refractivity contribution in [2.24, 2.45) is 0 Å². The predicted octanol–water partition coefficient (Wildman–Crippen LogP) is 4.43. The van der Waals surface area contributed by atoms with E-state index in [0.29, 0.717) is 45.3 Å². The molecular formula is C55H53F4LiN8O10. The molecule has 0 aliphatic carbocycles. The fourth-order valence-electron chi connectivity index (χ4n) is 10.1. The first kappa shape index (κ1) is 59.0. The van der Waals surface area contributed by atoms with Crippen LogP contribution in [0.25, 0.3) is 22.5 Å². The number of fused-ring (bicyclic) bond motifs is 12. The Hall–Kier alpha value is -8.26. The summed E-state index contributed by atoms with van der Waals surface area (Å²) in [7, 11) is 1.00. The minimum atomic E-state index is -3.09. The number of nitrogens with two attached hydrogens (primary N) is 2. The number of esters is 1. The van der Waals surface area contributed by atoms with Crippen molar-refractivity contribution in [2.45, 2.75) is 96.7 Å². The third kappa shape index (κ3) is 11.7. The van der Waals surface area contributed by atoms with Crippen molar-refractivity contribution in [3.63, 3.8) is 0 Å². The number of aromatic carboxylic acids is 1. The molecule has 2 saturated heterocycles. The number of anilines is 2. The molecule has 10 rings (SSSR count). The quantitative estimate of drug-likeness (QED) is 0.0746. The minimum Gasteiger partial charge on any atom is -0.870 e. The number of rotatable bonds is 7. The van der Waals surface area contributed by atoms with E-state index in [-0.39, 0.29) is 87.9 Å². The van der Waals surface area contributed by atoms with Crippen LogP contribution in [0.5, 0.6) is 11.5 Å². The number of aliphatic hydroxyl groups is 1. The number of benzene rings is 2. The van der Waals surface area contributed by atoms with Gasteiger partial charge in [-0.2, -0.15) is 17.6 Å². The predicted molar refractivity (Wildman–Crippen MR) is 276 cm³/mol. The van der Waals surface area contributed by atoms with Crippen LogP contribution in [0, 0.1) is 23.7 Å². The van der Waals surface area contributed by atoms with Gasteiger partial charge in [0.2, 0.25) is 0 Å². The maximum Gasteiger partial charge on any atom is 1.00 e. The average Bonchev–Trinajstić information content (AvgIpc) is 4.04. The van der Waals surface area contributed by atoms with Crippen LogP contribution in [0.4, 0.5) is 29.2 Å². The minimum absolute atomic E-state index is 0. The van der Waals surface area contributed by atoms with Gasteiger partial charge in [-0.3, -0.25) is 29.0 Å². The van der Waals surface area contributed by atoms with Crippen molar-refractivity contribution in [1.29, 1.82) is 0 Å². The Balaban J connectivity index is 0.000000239. The van der Waals surface area contributed by atoms with E-state index >= 15 is 0 Å². The van der Waals surface area contributed by atoms with Gasteiger partial charge in [0.25, 0.3) is 0 Å². The summed E-state index contributed by atoms with van der Waals surface area (Å²) in [5, 5.41) is 20.7. The van der Waals surface area contributed by atoms with Gasteiger partial charge in [0.1, 0.15) is 34.3 Å². The second-order valence-electron chi connectivity index (χ2n) is 19.1. The molecule has 78 heavy (non-hydrogen) atoms. The average molecular weight is 1070 g/mol. The van der Waals surface area contributed by atoms with E-state index in [9.17, 15) is 41.8 Å². The summed E-state index contributed by atoms with van der Waals surface area (Å²) in [4.78, 5) is 57.7. The van der Waals surface area contributed by atoms with Gasteiger partial charge in [-0.05, 0) is 120 Å². The molecule has 23 heteroatoms. The maximum atomic E-state index is 13.4. The number of pyridine rings is 4. The molecule has 0 bridgehead atoms. The van der Waals surface area contributed by atoms with Crippen molar-refractivity contribution in [3.8, 4) is 57.7 Å². The van der Waals surface area contributed by atoms with Crippen LogP contribution >= 0.6 is 0 Å². The molecule has 4 aromatic heterocycles. The van der Waals surface area contributed by atoms with Gasteiger partial charge in [-0.15, -0.1) is 0 Å². The number of carbonyl (C=O) groups excluding carboxylic acids is 1. The van der Waals surface area contributed by atoms with Crippen molar-refractivity contribution in [3.05, 3.63) is 150 Å². The number of carboxylic acids is 1. The van der Waals surface area contributed by atoms with Crippen LogP contribution in [0.1, 0.15) is 126 Å². The Bertz CT molecular complexity index is 3520. The molecule has 4 aliphatic rings. The Morgan fingerprint density at radius 2 is 1.10 bits per heavy atom. The van der Waals surface area contributed by atoms with E-state index in [0.717, 1.165) is 43.9 Å². The van der Waals surface area contributed by atoms with Crippen LogP contribution in [-0.4, -0.2) is 85.0 Å². The van der Waals surface area contributed by atoms with Gasteiger partial charge in [0.05, 0.1) is 52.3 Å². The second kappa shape index (κ2) is 23.5. The van der Waals surface area contributed by atoms with E-state index in [1.54, 1.807) is 52.7 Å². The molecule has 8 heterocycles. The van der Waals surface area contributed by atoms with Gasteiger partial charge in [-0.25, -0.2) is 19.6 Å². The molecule has 0 spiro atoms. The number of halogens is 4. The number of nitrogen functional groups attached to an aromatic ring is 2. The molecule has 4 aliphatic heterocycles. The molecule has 18 nitrogen and oxygen atoms in total. The molecule has 6 aromatic rings. The normalized spacial score (nSPS) is 16.1. The van der Waals surface area contributed by atoms with Gasteiger partial charge >= 0.3 is 44.0 Å². The SMILES string of the molecule is CC1(C)CC[C@@H]2c3cc(C#Cc4ccc(N)nc4)c(OC(F)F)cc3-c3cc(=O)c(C(=O)O)cn3N21.CCOC(=O)c1cn2c(cc1=O)-c1cc(OC(F)F)c(C#Cc3ccc(N)nc3)cc1[C@H]1CCC(C)(C)N12.CO.[Li+].[OH-]. The fraction of sp³-hybridized carbons (Fsp3) is 0.309. The van der Waals surface area contributed by atoms with Crippen molar-refractivity contribution < 1.29 is 75.9 Å². The van der Waals surface area contributed by atoms with E-state index in [4.69, 9.17) is 30.8 Å². The van der Waals surface area contributed by atoms with Crippen LogP contribution in [0.3, 0.4) is 0 Å². The van der Waals surface area contributed by atoms with E-state index < -0.39 is 36.0 Å². The third-order valence-electron chi connectivity index (χ3n) is 13.4. The summed E-state index contributed by atoms with van der Waals surface area (Å²) in [6.07, 6.45) is 8.88. The number of carboxylic acid groups (broad SMARTS) is 1. The van der Waals surface area contributed by atoms with Crippen LogP contribution in [0.2, 0.25) is 0 Å². The number of aliphatic hydroxyl groups excluding tert-OH is 1. The Kier molecular flexibility index (Phi) is 17.8. The zero-order valence-electron chi connectivity index (χ0n) is 43.5. The molecule has 0 amide bonds. The molecule has 0 radical (unpaired) electrons. The van der Waals surface area contributed by atoms with Crippen LogP contribution in [0.15, 0.2) is 95.0 Å². The molecule has 0 unspecified atom stereocenters. The van der Waals surface area contributed by atoms with Crippen LogP contribution < -0.4 is 60.7 Å². The van der Waals surface area contributed by atoms with Crippen molar-refractivity contribution >= 4 is 23.6 Å². The zero-order valence-corrected chi connectivity index (χ0v) is 43.5. The fourth-order valence-corrected chi connectivity index (χ4v) is 10.1. The largest absolute Gasteiger partial charge is 1.00 e. The zero-order chi connectivity index (χ0) is 55.0. The van der Waals surface area contributed by atoms with Crippen LogP contribution in [-0.2, 0) is 4.74 Å².